The summed E-state index contributed by atoms with van der Waals surface area (Å²) in [6.07, 6.45) is 8.45. The molecule has 1 aromatic carbocycles. The van der Waals surface area contributed by atoms with Gasteiger partial charge in [0.15, 0.2) is 0 Å². The van der Waals surface area contributed by atoms with E-state index in [0.717, 1.165) is 29.3 Å². The highest BCUT2D eigenvalue weighted by molar-refractivity contribution is 5.78. The SMILES string of the molecule is CCCCCCCC(O)c1ccc2cccnc2c1. The highest BCUT2D eigenvalue weighted by atomic mass is 16.3. The Balaban J connectivity index is 1.91. The molecule has 0 saturated carbocycles. The van der Waals surface area contributed by atoms with Crippen LogP contribution in [0.25, 0.3) is 10.9 Å². The molecule has 1 N–H and O–H groups in total. The number of hydrogen-bond acceptors (Lipinski definition) is 2. The second-order valence-electron chi connectivity index (χ2n) is 5.17. The number of pyridine rings is 1. The lowest BCUT2D eigenvalue weighted by Gasteiger charge is -2.11. The number of hydrogen-bond donors (Lipinski definition) is 1. The van der Waals surface area contributed by atoms with Gasteiger partial charge in [0.1, 0.15) is 0 Å². The zero-order valence-corrected chi connectivity index (χ0v) is 11.7. The monoisotopic (exact) mass is 257 g/mol. The second kappa shape index (κ2) is 7.25. The van der Waals surface area contributed by atoms with Gasteiger partial charge in [-0.25, -0.2) is 0 Å². The predicted molar refractivity (Wildman–Crippen MR) is 80.1 cm³/mol. The molecule has 102 valence electrons. The Morgan fingerprint density at radius 1 is 1.11 bits per heavy atom. The third-order valence-electron chi connectivity index (χ3n) is 3.60. The molecule has 0 bridgehead atoms. The first-order valence-electron chi connectivity index (χ1n) is 7.34. The van der Waals surface area contributed by atoms with Crippen LogP contribution in [0.2, 0.25) is 0 Å². The van der Waals surface area contributed by atoms with E-state index in [9.17, 15) is 5.11 Å². The summed E-state index contributed by atoms with van der Waals surface area (Å²) in [5.41, 5.74) is 1.95. The number of unbranched alkanes of at least 4 members (excludes halogenated alkanes) is 4. The maximum atomic E-state index is 10.2. The third-order valence-corrected chi connectivity index (χ3v) is 3.60. The lowest BCUT2D eigenvalue weighted by atomic mass is 10.0. The van der Waals surface area contributed by atoms with Crippen LogP contribution < -0.4 is 0 Å². The van der Waals surface area contributed by atoms with Crippen LogP contribution in [-0.4, -0.2) is 10.1 Å². The van der Waals surface area contributed by atoms with Crippen LogP contribution in [0.1, 0.15) is 57.1 Å². The molecule has 0 amide bonds. The standard InChI is InChI=1S/C17H23NO/c1-2-3-4-5-6-9-17(19)15-11-10-14-8-7-12-18-16(14)13-15/h7-8,10-13,17,19H,2-6,9H2,1H3. The minimum Gasteiger partial charge on any atom is -0.388 e. The molecule has 0 spiro atoms. The van der Waals surface area contributed by atoms with Gasteiger partial charge in [-0.05, 0) is 24.1 Å². The maximum Gasteiger partial charge on any atom is 0.0790 e. The summed E-state index contributed by atoms with van der Waals surface area (Å²) in [6.45, 7) is 2.22. The van der Waals surface area contributed by atoms with Crippen molar-refractivity contribution in [2.45, 2.75) is 51.6 Å². The van der Waals surface area contributed by atoms with E-state index in [0.29, 0.717) is 0 Å². The summed E-state index contributed by atoms with van der Waals surface area (Å²) in [5.74, 6) is 0. The Bertz CT molecular complexity index is 509. The number of aliphatic hydroxyl groups excluding tert-OH is 1. The minimum absolute atomic E-state index is 0.354. The smallest absolute Gasteiger partial charge is 0.0790 e. The summed E-state index contributed by atoms with van der Waals surface area (Å²) in [4.78, 5) is 4.33. The van der Waals surface area contributed by atoms with Crippen molar-refractivity contribution in [1.82, 2.24) is 4.98 Å². The number of benzene rings is 1. The Morgan fingerprint density at radius 3 is 2.79 bits per heavy atom. The fourth-order valence-corrected chi connectivity index (χ4v) is 2.40. The van der Waals surface area contributed by atoms with Gasteiger partial charge in [0, 0.05) is 11.6 Å². The van der Waals surface area contributed by atoms with E-state index in [-0.39, 0.29) is 6.10 Å². The molecule has 1 aromatic heterocycles. The molecule has 0 fully saturated rings. The topological polar surface area (TPSA) is 33.1 Å². The highest BCUT2D eigenvalue weighted by Gasteiger charge is 2.08. The van der Waals surface area contributed by atoms with Gasteiger partial charge in [-0.1, -0.05) is 57.2 Å². The van der Waals surface area contributed by atoms with Gasteiger partial charge in [0.2, 0.25) is 0 Å². The number of fused-ring (bicyclic) bond motifs is 1. The molecule has 0 aliphatic carbocycles. The van der Waals surface area contributed by atoms with Crippen molar-refractivity contribution in [2.75, 3.05) is 0 Å². The molecule has 1 atom stereocenters. The van der Waals surface area contributed by atoms with Gasteiger partial charge < -0.3 is 5.11 Å². The Hall–Kier alpha value is -1.41. The van der Waals surface area contributed by atoms with Crippen molar-refractivity contribution in [3.63, 3.8) is 0 Å². The summed E-state index contributed by atoms with van der Waals surface area (Å²) in [6, 6.07) is 10.0. The number of rotatable bonds is 7. The van der Waals surface area contributed by atoms with Crippen LogP contribution in [0, 0.1) is 0 Å². The molecule has 0 aliphatic rings. The van der Waals surface area contributed by atoms with Crippen molar-refractivity contribution in [1.29, 1.82) is 0 Å². The lowest BCUT2D eigenvalue weighted by Crippen LogP contribution is -1.97. The molecule has 1 unspecified atom stereocenters. The Kier molecular flexibility index (Phi) is 5.34. The first-order valence-corrected chi connectivity index (χ1v) is 7.34. The van der Waals surface area contributed by atoms with Gasteiger partial charge >= 0.3 is 0 Å². The van der Waals surface area contributed by atoms with Gasteiger partial charge in [-0.15, -0.1) is 0 Å². The fraction of sp³-hybridized carbons (Fsp3) is 0.471. The van der Waals surface area contributed by atoms with Crippen molar-refractivity contribution < 1.29 is 5.11 Å². The first kappa shape index (κ1) is 14.0. The average Bonchev–Trinajstić information content (AvgIpc) is 2.46. The van der Waals surface area contributed by atoms with Crippen molar-refractivity contribution >= 4 is 10.9 Å². The lowest BCUT2D eigenvalue weighted by molar-refractivity contribution is 0.163. The molecular weight excluding hydrogens is 234 g/mol. The molecule has 19 heavy (non-hydrogen) atoms. The molecule has 0 saturated heterocycles. The summed E-state index contributed by atoms with van der Waals surface area (Å²) in [7, 11) is 0. The van der Waals surface area contributed by atoms with Gasteiger partial charge in [0.25, 0.3) is 0 Å². The summed E-state index contributed by atoms with van der Waals surface area (Å²) in [5, 5.41) is 11.3. The molecule has 2 aromatic rings. The van der Waals surface area contributed by atoms with Crippen LogP contribution in [0.5, 0.6) is 0 Å². The predicted octanol–water partition coefficient (Wildman–Crippen LogP) is 4.63. The second-order valence-corrected chi connectivity index (χ2v) is 5.17. The first-order chi connectivity index (χ1) is 9.31. The zero-order valence-electron chi connectivity index (χ0n) is 11.7. The van der Waals surface area contributed by atoms with E-state index in [1.165, 1.54) is 25.7 Å². The van der Waals surface area contributed by atoms with E-state index < -0.39 is 0 Å². The van der Waals surface area contributed by atoms with Crippen LogP contribution in [-0.2, 0) is 0 Å². The number of aliphatic hydroxyl groups is 1. The maximum absolute atomic E-state index is 10.2. The average molecular weight is 257 g/mol. The molecule has 2 heteroatoms. The quantitative estimate of drug-likeness (QED) is 0.734. The van der Waals surface area contributed by atoms with E-state index in [1.54, 1.807) is 6.20 Å². The largest absolute Gasteiger partial charge is 0.388 e. The molecular formula is C17H23NO. The highest BCUT2D eigenvalue weighted by Crippen LogP contribution is 2.23. The van der Waals surface area contributed by atoms with Crippen LogP contribution in [0.3, 0.4) is 0 Å². The van der Waals surface area contributed by atoms with Gasteiger partial charge in [0.05, 0.1) is 11.6 Å². The molecule has 2 nitrogen and oxygen atoms in total. The summed E-state index contributed by atoms with van der Waals surface area (Å²) < 4.78 is 0. The van der Waals surface area contributed by atoms with Crippen molar-refractivity contribution in [3.8, 4) is 0 Å². The van der Waals surface area contributed by atoms with Crippen LogP contribution in [0.4, 0.5) is 0 Å². The molecule has 1 heterocycles. The third kappa shape index (κ3) is 4.03. The van der Waals surface area contributed by atoms with Crippen molar-refractivity contribution in [2.24, 2.45) is 0 Å². The molecule has 2 rings (SSSR count). The van der Waals surface area contributed by atoms with Crippen molar-refractivity contribution in [3.05, 3.63) is 42.1 Å². The molecule has 0 radical (unpaired) electrons. The van der Waals surface area contributed by atoms with Crippen LogP contribution in [0.15, 0.2) is 36.5 Å². The number of aromatic nitrogens is 1. The van der Waals surface area contributed by atoms with E-state index >= 15 is 0 Å². The van der Waals surface area contributed by atoms with E-state index in [2.05, 4.69) is 11.9 Å². The van der Waals surface area contributed by atoms with E-state index in [4.69, 9.17) is 0 Å². The Morgan fingerprint density at radius 2 is 1.95 bits per heavy atom. The zero-order chi connectivity index (χ0) is 13.5. The minimum atomic E-state index is -0.354. The normalized spacial score (nSPS) is 12.7. The fourth-order valence-electron chi connectivity index (χ4n) is 2.40. The van der Waals surface area contributed by atoms with Gasteiger partial charge in [-0.3, -0.25) is 4.98 Å². The number of nitrogens with zero attached hydrogens (tertiary/aromatic N) is 1. The van der Waals surface area contributed by atoms with Gasteiger partial charge in [-0.2, -0.15) is 0 Å². The Labute approximate surface area is 115 Å². The molecule has 0 aliphatic heterocycles. The van der Waals surface area contributed by atoms with Crippen LogP contribution >= 0.6 is 0 Å². The van der Waals surface area contributed by atoms with E-state index in [1.807, 2.05) is 30.3 Å². The summed E-state index contributed by atoms with van der Waals surface area (Å²) >= 11 is 0.